The Morgan fingerprint density at radius 2 is 1.83 bits per heavy atom. The van der Waals surface area contributed by atoms with Gasteiger partial charge >= 0.3 is 0 Å². The number of pyridine rings is 1. The van der Waals surface area contributed by atoms with Crippen LogP contribution in [0, 0.1) is 0 Å². The summed E-state index contributed by atoms with van der Waals surface area (Å²) in [5, 5.41) is 12.0. The van der Waals surface area contributed by atoms with Gasteiger partial charge in [0.25, 0.3) is 0 Å². The standard InChI is InChI=1S/C24H30N2O2S/c1-4-26(5-2)13-14-29-17-24(27)21-16-23(18-9-7-6-8-10-18)25-22-12-11-19(28-3)15-20(21)22/h6-12,15-16,24,27H,4-5,13-14,17H2,1-3H3. The molecular formula is C24H30N2O2S. The lowest BCUT2D eigenvalue weighted by Gasteiger charge is -2.19. The normalized spacial score (nSPS) is 12.4. The van der Waals surface area contributed by atoms with Crippen LogP contribution >= 0.6 is 11.8 Å². The molecule has 3 rings (SSSR count). The van der Waals surface area contributed by atoms with E-state index in [9.17, 15) is 5.11 Å². The molecule has 1 heterocycles. The van der Waals surface area contributed by atoms with Gasteiger partial charge in [-0.25, -0.2) is 4.98 Å². The number of thioether (sulfide) groups is 1. The van der Waals surface area contributed by atoms with Crippen LogP contribution in [0.1, 0.15) is 25.5 Å². The van der Waals surface area contributed by atoms with Crippen molar-refractivity contribution >= 4 is 22.7 Å². The zero-order valence-corrected chi connectivity index (χ0v) is 18.3. The van der Waals surface area contributed by atoms with E-state index in [2.05, 4.69) is 18.7 Å². The molecule has 5 heteroatoms. The predicted molar refractivity (Wildman–Crippen MR) is 124 cm³/mol. The average molecular weight is 411 g/mol. The number of methoxy groups -OCH3 is 1. The fraction of sp³-hybridized carbons (Fsp3) is 0.375. The number of fused-ring (bicyclic) bond motifs is 1. The van der Waals surface area contributed by atoms with Gasteiger partial charge in [0.1, 0.15) is 5.75 Å². The van der Waals surface area contributed by atoms with Gasteiger partial charge in [0, 0.05) is 29.0 Å². The molecule has 0 saturated carbocycles. The van der Waals surface area contributed by atoms with Crippen LogP contribution < -0.4 is 4.74 Å². The molecule has 2 aromatic carbocycles. The second-order valence-corrected chi connectivity index (χ2v) is 8.11. The molecule has 0 aliphatic carbocycles. The first kappa shape index (κ1) is 21.6. The highest BCUT2D eigenvalue weighted by Gasteiger charge is 2.16. The highest BCUT2D eigenvalue weighted by molar-refractivity contribution is 7.99. The number of benzene rings is 2. The summed E-state index contributed by atoms with van der Waals surface area (Å²) in [5.74, 6) is 2.44. The molecule has 4 nitrogen and oxygen atoms in total. The van der Waals surface area contributed by atoms with Gasteiger partial charge in [-0.05, 0) is 42.9 Å². The van der Waals surface area contributed by atoms with Crippen molar-refractivity contribution in [2.75, 3.05) is 38.2 Å². The van der Waals surface area contributed by atoms with Gasteiger partial charge in [0.05, 0.1) is 24.4 Å². The summed E-state index contributed by atoms with van der Waals surface area (Å²) < 4.78 is 5.40. The van der Waals surface area contributed by atoms with Crippen LogP contribution in [0.3, 0.4) is 0 Å². The van der Waals surface area contributed by atoms with Crippen LogP contribution in [0.4, 0.5) is 0 Å². The summed E-state index contributed by atoms with van der Waals surface area (Å²) in [6, 6.07) is 18.0. The Morgan fingerprint density at radius 3 is 2.52 bits per heavy atom. The lowest BCUT2D eigenvalue weighted by Crippen LogP contribution is -2.25. The van der Waals surface area contributed by atoms with E-state index in [0.29, 0.717) is 5.75 Å². The van der Waals surface area contributed by atoms with Crippen LogP contribution in [-0.2, 0) is 0 Å². The second kappa shape index (κ2) is 10.6. The lowest BCUT2D eigenvalue weighted by molar-refractivity contribution is 0.205. The van der Waals surface area contributed by atoms with Crippen LogP contribution in [-0.4, -0.2) is 53.2 Å². The molecule has 0 spiro atoms. The van der Waals surface area contributed by atoms with E-state index < -0.39 is 6.10 Å². The number of aliphatic hydroxyl groups is 1. The fourth-order valence-corrected chi connectivity index (χ4v) is 4.37. The minimum Gasteiger partial charge on any atom is -0.497 e. The monoisotopic (exact) mass is 410 g/mol. The summed E-state index contributed by atoms with van der Waals surface area (Å²) in [6.45, 7) is 7.55. The highest BCUT2D eigenvalue weighted by atomic mass is 32.2. The van der Waals surface area contributed by atoms with E-state index in [1.807, 2.05) is 54.6 Å². The minimum atomic E-state index is -0.559. The Hall–Kier alpha value is -2.08. The lowest BCUT2D eigenvalue weighted by atomic mass is 10.0. The van der Waals surface area contributed by atoms with E-state index in [1.54, 1.807) is 18.9 Å². The molecule has 0 aliphatic heterocycles. The summed E-state index contributed by atoms with van der Waals surface area (Å²) in [4.78, 5) is 7.23. The predicted octanol–water partition coefficient (Wildman–Crippen LogP) is 5.02. The maximum atomic E-state index is 11.0. The van der Waals surface area contributed by atoms with Gasteiger partial charge in [-0.2, -0.15) is 11.8 Å². The second-order valence-electron chi connectivity index (χ2n) is 6.96. The maximum absolute atomic E-state index is 11.0. The van der Waals surface area contributed by atoms with Gasteiger partial charge in [0.2, 0.25) is 0 Å². The third-order valence-corrected chi connectivity index (χ3v) is 6.22. The van der Waals surface area contributed by atoms with E-state index in [4.69, 9.17) is 9.72 Å². The topological polar surface area (TPSA) is 45.6 Å². The fourth-order valence-electron chi connectivity index (χ4n) is 3.41. The van der Waals surface area contributed by atoms with Gasteiger partial charge in [-0.3, -0.25) is 0 Å². The Bertz CT molecular complexity index is 913. The van der Waals surface area contributed by atoms with E-state index in [0.717, 1.165) is 58.9 Å². The van der Waals surface area contributed by atoms with Crippen molar-refractivity contribution in [3.63, 3.8) is 0 Å². The molecule has 154 valence electrons. The maximum Gasteiger partial charge on any atom is 0.119 e. The first-order valence-corrected chi connectivity index (χ1v) is 11.3. The Morgan fingerprint density at radius 1 is 1.07 bits per heavy atom. The average Bonchev–Trinajstić information content (AvgIpc) is 2.78. The zero-order chi connectivity index (χ0) is 20.6. The quantitative estimate of drug-likeness (QED) is 0.476. The summed E-state index contributed by atoms with van der Waals surface area (Å²) in [5.41, 5.74) is 3.70. The third kappa shape index (κ3) is 5.50. The van der Waals surface area contributed by atoms with Gasteiger partial charge in [-0.1, -0.05) is 44.2 Å². The molecule has 1 atom stereocenters. The molecule has 1 unspecified atom stereocenters. The zero-order valence-electron chi connectivity index (χ0n) is 17.5. The Labute approximate surface area is 177 Å². The van der Waals surface area contributed by atoms with Crippen molar-refractivity contribution in [2.45, 2.75) is 20.0 Å². The summed E-state index contributed by atoms with van der Waals surface area (Å²) in [6.07, 6.45) is -0.559. The third-order valence-electron chi connectivity index (χ3n) is 5.20. The summed E-state index contributed by atoms with van der Waals surface area (Å²) >= 11 is 1.79. The molecule has 0 aliphatic rings. The number of rotatable bonds is 10. The van der Waals surface area contributed by atoms with E-state index in [-0.39, 0.29) is 0 Å². The number of aliphatic hydroxyl groups excluding tert-OH is 1. The van der Waals surface area contributed by atoms with Crippen LogP contribution in [0.5, 0.6) is 5.75 Å². The molecule has 1 N–H and O–H groups in total. The molecule has 0 radical (unpaired) electrons. The van der Waals surface area contributed by atoms with Crippen molar-refractivity contribution in [3.8, 4) is 17.0 Å². The molecular weight excluding hydrogens is 380 g/mol. The van der Waals surface area contributed by atoms with Crippen molar-refractivity contribution in [3.05, 3.63) is 60.2 Å². The van der Waals surface area contributed by atoms with Crippen LogP contribution in [0.25, 0.3) is 22.2 Å². The SMILES string of the molecule is CCN(CC)CCSCC(O)c1cc(-c2ccccc2)nc2ccc(OC)cc12. The molecule has 0 bridgehead atoms. The van der Waals surface area contributed by atoms with Crippen molar-refractivity contribution < 1.29 is 9.84 Å². The molecule has 1 aromatic heterocycles. The van der Waals surface area contributed by atoms with Gasteiger partial charge in [0.15, 0.2) is 0 Å². The Balaban J connectivity index is 1.87. The number of ether oxygens (including phenoxy) is 1. The highest BCUT2D eigenvalue weighted by Crippen LogP contribution is 2.32. The number of hydrogen-bond acceptors (Lipinski definition) is 5. The first-order valence-electron chi connectivity index (χ1n) is 10.2. The molecule has 0 fully saturated rings. The smallest absolute Gasteiger partial charge is 0.119 e. The number of hydrogen-bond donors (Lipinski definition) is 1. The number of nitrogens with zero attached hydrogens (tertiary/aromatic N) is 2. The Kier molecular flexibility index (Phi) is 7.92. The molecule has 3 aromatic rings. The first-order chi connectivity index (χ1) is 14.2. The molecule has 0 amide bonds. The molecule has 29 heavy (non-hydrogen) atoms. The number of aromatic nitrogens is 1. The van der Waals surface area contributed by atoms with E-state index >= 15 is 0 Å². The summed E-state index contributed by atoms with van der Waals surface area (Å²) in [7, 11) is 1.66. The van der Waals surface area contributed by atoms with E-state index in [1.165, 1.54) is 0 Å². The molecule has 0 saturated heterocycles. The van der Waals surface area contributed by atoms with Crippen molar-refractivity contribution in [1.82, 2.24) is 9.88 Å². The van der Waals surface area contributed by atoms with Crippen LogP contribution in [0.15, 0.2) is 54.6 Å². The van der Waals surface area contributed by atoms with Crippen molar-refractivity contribution in [1.29, 1.82) is 0 Å². The van der Waals surface area contributed by atoms with Crippen molar-refractivity contribution in [2.24, 2.45) is 0 Å². The van der Waals surface area contributed by atoms with Gasteiger partial charge in [-0.15, -0.1) is 0 Å². The largest absolute Gasteiger partial charge is 0.497 e. The van der Waals surface area contributed by atoms with Crippen LogP contribution in [0.2, 0.25) is 0 Å². The minimum absolute atomic E-state index is 0.559. The van der Waals surface area contributed by atoms with Gasteiger partial charge < -0.3 is 14.7 Å².